The predicted molar refractivity (Wildman–Crippen MR) is 73.0 cm³/mol. The van der Waals surface area contributed by atoms with Gasteiger partial charge in [-0.1, -0.05) is 12.8 Å². The summed E-state index contributed by atoms with van der Waals surface area (Å²) in [6.45, 7) is 2.83. The summed E-state index contributed by atoms with van der Waals surface area (Å²) in [5.74, 6) is 1.82. The molecule has 1 heterocycles. The van der Waals surface area contributed by atoms with Gasteiger partial charge in [-0.05, 0) is 19.8 Å². The maximum Gasteiger partial charge on any atom is 0.137 e. The molecule has 1 saturated carbocycles. The largest absolute Gasteiger partial charge is 0.395 e. The van der Waals surface area contributed by atoms with Crippen LogP contribution in [0.1, 0.15) is 31.2 Å². The van der Waals surface area contributed by atoms with Gasteiger partial charge in [0.05, 0.1) is 6.61 Å². The molecule has 1 aromatic rings. The molecule has 100 valence electrons. The molecule has 0 bridgehead atoms. The second-order valence-corrected chi connectivity index (χ2v) is 4.78. The number of rotatable bonds is 5. The Labute approximate surface area is 108 Å². The standard InChI is InChI=1S/C13H22N4O/c1-10-12(14-2)15-9-16-13(10)17(7-8-18)11-5-3-4-6-11/h9,11,18H,3-8H2,1-2H3,(H,14,15,16). The lowest BCUT2D eigenvalue weighted by Crippen LogP contribution is -2.37. The van der Waals surface area contributed by atoms with Crippen LogP contribution < -0.4 is 10.2 Å². The summed E-state index contributed by atoms with van der Waals surface area (Å²) in [5, 5.41) is 12.4. The van der Waals surface area contributed by atoms with Crippen molar-refractivity contribution in [1.29, 1.82) is 0 Å². The highest BCUT2D eigenvalue weighted by Gasteiger charge is 2.25. The van der Waals surface area contributed by atoms with Gasteiger partial charge in [0.2, 0.25) is 0 Å². The highest BCUT2D eigenvalue weighted by Crippen LogP contribution is 2.30. The van der Waals surface area contributed by atoms with Gasteiger partial charge in [0.25, 0.3) is 0 Å². The fourth-order valence-electron chi connectivity index (χ4n) is 2.77. The molecule has 2 rings (SSSR count). The first kappa shape index (κ1) is 13.1. The number of hydrogen-bond donors (Lipinski definition) is 2. The van der Waals surface area contributed by atoms with Crippen LogP contribution in [-0.2, 0) is 0 Å². The van der Waals surface area contributed by atoms with Crippen molar-refractivity contribution in [2.24, 2.45) is 0 Å². The van der Waals surface area contributed by atoms with E-state index in [1.54, 1.807) is 6.33 Å². The van der Waals surface area contributed by atoms with E-state index in [1.165, 1.54) is 25.7 Å². The van der Waals surface area contributed by atoms with Crippen molar-refractivity contribution in [3.63, 3.8) is 0 Å². The molecule has 2 N–H and O–H groups in total. The van der Waals surface area contributed by atoms with Crippen LogP contribution >= 0.6 is 0 Å². The van der Waals surface area contributed by atoms with Gasteiger partial charge < -0.3 is 15.3 Å². The Balaban J connectivity index is 2.29. The van der Waals surface area contributed by atoms with Crippen molar-refractivity contribution in [3.8, 4) is 0 Å². The van der Waals surface area contributed by atoms with E-state index >= 15 is 0 Å². The second-order valence-electron chi connectivity index (χ2n) is 4.78. The first-order chi connectivity index (χ1) is 8.77. The summed E-state index contributed by atoms with van der Waals surface area (Å²) in [4.78, 5) is 10.9. The van der Waals surface area contributed by atoms with Crippen LogP contribution in [0.15, 0.2) is 6.33 Å². The number of hydrogen-bond acceptors (Lipinski definition) is 5. The summed E-state index contributed by atoms with van der Waals surface area (Å²) in [5.41, 5.74) is 1.06. The number of anilines is 2. The maximum atomic E-state index is 9.28. The van der Waals surface area contributed by atoms with Gasteiger partial charge >= 0.3 is 0 Å². The third kappa shape index (κ3) is 2.56. The molecule has 5 heteroatoms. The molecule has 0 unspecified atom stereocenters. The zero-order valence-electron chi connectivity index (χ0n) is 11.2. The zero-order chi connectivity index (χ0) is 13.0. The molecule has 0 spiro atoms. The Kier molecular flexibility index (Phi) is 4.36. The van der Waals surface area contributed by atoms with Crippen molar-refractivity contribution < 1.29 is 5.11 Å². The Morgan fingerprint density at radius 2 is 2.11 bits per heavy atom. The molecule has 0 radical (unpaired) electrons. The first-order valence-electron chi connectivity index (χ1n) is 6.64. The SMILES string of the molecule is CNc1ncnc(N(CCO)C2CCCC2)c1C. The van der Waals surface area contributed by atoms with Gasteiger partial charge in [-0.2, -0.15) is 0 Å². The average Bonchev–Trinajstić information content (AvgIpc) is 2.90. The molecule has 1 aliphatic carbocycles. The van der Waals surface area contributed by atoms with Gasteiger partial charge in [0, 0.05) is 25.2 Å². The summed E-state index contributed by atoms with van der Waals surface area (Å²) in [6.07, 6.45) is 6.52. The molecule has 0 amide bonds. The van der Waals surface area contributed by atoms with Gasteiger partial charge in [-0.3, -0.25) is 0 Å². The van der Waals surface area contributed by atoms with Crippen molar-refractivity contribution in [2.75, 3.05) is 30.4 Å². The Bertz CT molecular complexity index is 391. The van der Waals surface area contributed by atoms with Crippen LogP contribution in [0.5, 0.6) is 0 Å². The molecule has 0 saturated heterocycles. The van der Waals surface area contributed by atoms with Gasteiger partial charge in [0.1, 0.15) is 18.0 Å². The smallest absolute Gasteiger partial charge is 0.137 e. The van der Waals surface area contributed by atoms with Crippen LogP contribution in [-0.4, -0.2) is 41.3 Å². The minimum absolute atomic E-state index is 0.162. The number of aromatic nitrogens is 2. The third-order valence-corrected chi connectivity index (χ3v) is 3.67. The van der Waals surface area contributed by atoms with E-state index in [0.717, 1.165) is 17.2 Å². The number of aliphatic hydroxyl groups is 1. The summed E-state index contributed by atoms with van der Waals surface area (Å²) in [7, 11) is 1.87. The van der Waals surface area contributed by atoms with E-state index in [-0.39, 0.29) is 6.61 Å². The van der Waals surface area contributed by atoms with Crippen molar-refractivity contribution in [1.82, 2.24) is 9.97 Å². The summed E-state index contributed by atoms with van der Waals surface area (Å²) < 4.78 is 0. The quantitative estimate of drug-likeness (QED) is 0.830. The fraction of sp³-hybridized carbons (Fsp3) is 0.692. The Hall–Kier alpha value is -1.36. The van der Waals surface area contributed by atoms with Crippen LogP contribution in [0.2, 0.25) is 0 Å². The highest BCUT2D eigenvalue weighted by atomic mass is 16.3. The van der Waals surface area contributed by atoms with Crippen LogP contribution in [0, 0.1) is 6.92 Å². The molecular formula is C13H22N4O. The van der Waals surface area contributed by atoms with E-state index in [2.05, 4.69) is 20.2 Å². The predicted octanol–water partition coefficient (Wildman–Crippen LogP) is 1.57. The first-order valence-corrected chi connectivity index (χ1v) is 6.64. The fourth-order valence-corrected chi connectivity index (χ4v) is 2.77. The molecular weight excluding hydrogens is 228 g/mol. The van der Waals surface area contributed by atoms with E-state index in [1.807, 2.05) is 14.0 Å². The summed E-state index contributed by atoms with van der Waals surface area (Å²) >= 11 is 0. The number of aliphatic hydroxyl groups excluding tert-OH is 1. The molecule has 1 aliphatic rings. The lowest BCUT2D eigenvalue weighted by molar-refractivity contribution is 0.296. The Morgan fingerprint density at radius 1 is 1.39 bits per heavy atom. The lowest BCUT2D eigenvalue weighted by Gasteiger charge is -2.30. The van der Waals surface area contributed by atoms with Crippen molar-refractivity contribution >= 4 is 11.6 Å². The summed E-state index contributed by atoms with van der Waals surface area (Å²) in [6, 6.07) is 0.510. The number of nitrogens with one attached hydrogen (secondary N) is 1. The highest BCUT2D eigenvalue weighted by molar-refractivity contribution is 5.58. The topological polar surface area (TPSA) is 61.3 Å². The monoisotopic (exact) mass is 250 g/mol. The molecule has 18 heavy (non-hydrogen) atoms. The minimum atomic E-state index is 0.162. The van der Waals surface area contributed by atoms with E-state index in [9.17, 15) is 5.11 Å². The van der Waals surface area contributed by atoms with Crippen molar-refractivity contribution in [3.05, 3.63) is 11.9 Å². The molecule has 1 fully saturated rings. The number of nitrogens with zero attached hydrogens (tertiary/aromatic N) is 3. The Morgan fingerprint density at radius 3 is 2.72 bits per heavy atom. The molecule has 1 aromatic heterocycles. The van der Waals surface area contributed by atoms with Gasteiger partial charge in [-0.15, -0.1) is 0 Å². The van der Waals surface area contributed by atoms with Crippen LogP contribution in [0.3, 0.4) is 0 Å². The molecule has 5 nitrogen and oxygen atoms in total. The second kappa shape index (κ2) is 6.00. The van der Waals surface area contributed by atoms with E-state index in [0.29, 0.717) is 12.6 Å². The minimum Gasteiger partial charge on any atom is -0.395 e. The zero-order valence-corrected chi connectivity index (χ0v) is 11.2. The molecule has 0 atom stereocenters. The van der Waals surface area contributed by atoms with E-state index in [4.69, 9.17) is 0 Å². The van der Waals surface area contributed by atoms with Gasteiger partial charge in [-0.25, -0.2) is 9.97 Å². The van der Waals surface area contributed by atoms with E-state index < -0.39 is 0 Å². The normalized spacial score (nSPS) is 15.9. The van der Waals surface area contributed by atoms with Crippen molar-refractivity contribution in [2.45, 2.75) is 38.6 Å². The average molecular weight is 250 g/mol. The van der Waals surface area contributed by atoms with Gasteiger partial charge in [0.15, 0.2) is 0 Å². The van der Waals surface area contributed by atoms with Crippen LogP contribution in [0.4, 0.5) is 11.6 Å². The molecule has 0 aliphatic heterocycles. The molecule has 0 aromatic carbocycles. The van der Waals surface area contributed by atoms with Crippen LogP contribution in [0.25, 0.3) is 0 Å². The third-order valence-electron chi connectivity index (χ3n) is 3.67. The maximum absolute atomic E-state index is 9.28. The lowest BCUT2D eigenvalue weighted by atomic mass is 10.2.